The van der Waals surface area contributed by atoms with Crippen LogP contribution in [0.4, 0.5) is 11.6 Å². The van der Waals surface area contributed by atoms with Crippen molar-refractivity contribution >= 4 is 11.6 Å². The van der Waals surface area contributed by atoms with Gasteiger partial charge in [0.25, 0.3) is 0 Å². The Morgan fingerprint density at radius 3 is 3.00 bits per heavy atom. The average molecular weight is 193 g/mol. The van der Waals surface area contributed by atoms with E-state index < -0.39 is 0 Å². The second kappa shape index (κ2) is 3.79. The first-order chi connectivity index (χ1) is 6.75. The first-order valence-electron chi connectivity index (χ1n) is 4.83. The van der Waals surface area contributed by atoms with Gasteiger partial charge in [0.15, 0.2) is 0 Å². The summed E-state index contributed by atoms with van der Waals surface area (Å²) in [5.41, 5.74) is 12.1. The third-order valence-corrected chi connectivity index (χ3v) is 2.54. The van der Waals surface area contributed by atoms with Gasteiger partial charge in [-0.05, 0) is 31.8 Å². The average Bonchev–Trinajstić information content (AvgIpc) is 2.62. The maximum Gasteiger partial charge on any atom is 0.147 e. The summed E-state index contributed by atoms with van der Waals surface area (Å²) < 4.78 is 0. The molecule has 2 rings (SSSR count). The molecule has 0 radical (unpaired) electrons. The Labute approximate surface area is 82.9 Å². The molecule has 1 aliphatic rings. The van der Waals surface area contributed by atoms with Crippen LogP contribution in [-0.2, 0) is 6.42 Å². The van der Waals surface area contributed by atoms with Crippen LogP contribution in [0.2, 0.25) is 0 Å². The third kappa shape index (κ3) is 1.93. The minimum Gasteiger partial charge on any atom is -0.382 e. The molecule has 0 aliphatic carbocycles. The largest absolute Gasteiger partial charge is 0.382 e. The molecular formula is C9H15N5. The topological polar surface area (TPSA) is 89.8 Å². The van der Waals surface area contributed by atoms with Crippen LogP contribution >= 0.6 is 0 Å². The van der Waals surface area contributed by atoms with Crippen LogP contribution < -0.4 is 16.8 Å². The molecule has 1 unspecified atom stereocenters. The van der Waals surface area contributed by atoms with Crippen LogP contribution in [0.15, 0.2) is 6.20 Å². The fraction of sp³-hybridized carbons (Fsp3) is 0.556. The van der Waals surface area contributed by atoms with E-state index in [0.717, 1.165) is 25.2 Å². The summed E-state index contributed by atoms with van der Waals surface area (Å²) >= 11 is 0. The lowest BCUT2D eigenvalue weighted by atomic mass is 10.0. The van der Waals surface area contributed by atoms with E-state index in [-0.39, 0.29) is 0 Å². The van der Waals surface area contributed by atoms with Crippen molar-refractivity contribution in [1.82, 2.24) is 15.3 Å². The molecule has 1 fully saturated rings. The first-order valence-corrected chi connectivity index (χ1v) is 4.83. The van der Waals surface area contributed by atoms with Gasteiger partial charge in [0.05, 0.1) is 11.9 Å². The van der Waals surface area contributed by atoms with E-state index >= 15 is 0 Å². The Kier molecular flexibility index (Phi) is 2.49. The van der Waals surface area contributed by atoms with Gasteiger partial charge in [0, 0.05) is 0 Å². The van der Waals surface area contributed by atoms with E-state index in [4.69, 9.17) is 11.5 Å². The number of hydrogen-bond donors (Lipinski definition) is 3. The van der Waals surface area contributed by atoms with E-state index in [1.54, 1.807) is 6.20 Å². The fourth-order valence-corrected chi connectivity index (χ4v) is 1.76. The van der Waals surface area contributed by atoms with Crippen molar-refractivity contribution < 1.29 is 0 Å². The smallest absolute Gasteiger partial charge is 0.147 e. The van der Waals surface area contributed by atoms with Crippen LogP contribution in [-0.4, -0.2) is 23.1 Å². The van der Waals surface area contributed by atoms with Crippen LogP contribution in [0, 0.1) is 5.92 Å². The van der Waals surface area contributed by atoms with Crippen molar-refractivity contribution in [3.8, 4) is 0 Å². The molecule has 14 heavy (non-hydrogen) atoms. The zero-order chi connectivity index (χ0) is 9.97. The molecule has 5 heteroatoms. The van der Waals surface area contributed by atoms with E-state index in [0.29, 0.717) is 17.6 Å². The SMILES string of the molecule is Nc1cnc(CC2CCNC2)c(N)n1. The third-order valence-electron chi connectivity index (χ3n) is 2.54. The number of nitrogen functional groups attached to an aromatic ring is 2. The summed E-state index contributed by atoms with van der Waals surface area (Å²) in [4.78, 5) is 8.19. The fourth-order valence-electron chi connectivity index (χ4n) is 1.76. The molecular weight excluding hydrogens is 178 g/mol. The van der Waals surface area contributed by atoms with Crippen LogP contribution in [0.5, 0.6) is 0 Å². The number of nitrogens with zero attached hydrogens (tertiary/aromatic N) is 2. The standard InChI is InChI=1S/C9H15N5/c10-8-5-13-7(9(11)14-8)3-6-1-2-12-4-6/h5-6,12H,1-4H2,(H4,10,11,14). The molecule has 2 heterocycles. The minimum absolute atomic E-state index is 0.385. The van der Waals surface area contributed by atoms with Crippen molar-refractivity contribution in [2.45, 2.75) is 12.8 Å². The highest BCUT2D eigenvalue weighted by molar-refractivity contribution is 5.40. The van der Waals surface area contributed by atoms with Gasteiger partial charge >= 0.3 is 0 Å². The molecule has 0 amide bonds. The van der Waals surface area contributed by atoms with Crippen molar-refractivity contribution in [2.24, 2.45) is 5.92 Å². The summed E-state index contributed by atoms with van der Waals surface area (Å²) in [5.74, 6) is 1.49. The Morgan fingerprint density at radius 1 is 1.50 bits per heavy atom. The van der Waals surface area contributed by atoms with Crippen molar-refractivity contribution in [1.29, 1.82) is 0 Å². The summed E-state index contributed by atoms with van der Waals surface area (Å²) in [5, 5.41) is 3.31. The highest BCUT2D eigenvalue weighted by Gasteiger charge is 2.17. The van der Waals surface area contributed by atoms with Crippen LogP contribution in [0.1, 0.15) is 12.1 Å². The van der Waals surface area contributed by atoms with Crippen LogP contribution in [0.3, 0.4) is 0 Å². The molecule has 1 aliphatic heterocycles. The Morgan fingerprint density at radius 2 is 2.36 bits per heavy atom. The Bertz CT molecular complexity index is 319. The van der Waals surface area contributed by atoms with Gasteiger partial charge < -0.3 is 16.8 Å². The molecule has 5 nitrogen and oxygen atoms in total. The molecule has 5 N–H and O–H groups in total. The zero-order valence-electron chi connectivity index (χ0n) is 8.03. The second-order valence-corrected chi connectivity index (χ2v) is 3.69. The molecule has 76 valence electrons. The van der Waals surface area contributed by atoms with Crippen molar-refractivity contribution in [3.63, 3.8) is 0 Å². The molecule has 0 saturated carbocycles. The molecule has 1 aromatic heterocycles. The van der Waals surface area contributed by atoms with Gasteiger partial charge in [0.2, 0.25) is 0 Å². The molecule has 1 atom stereocenters. The monoisotopic (exact) mass is 193 g/mol. The maximum absolute atomic E-state index is 5.73. The number of aromatic nitrogens is 2. The van der Waals surface area contributed by atoms with E-state index in [2.05, 4.69) is 15.3 Å². The normalized spacial score (nSPS) is 21.3. The van der Waals surface area contributed by atoms with Gasteiger partial charge in [-0.25, -0.2) is 4.98 Å². The number of hydrogen-bond acceptors (Lipinski definition) is 5. The summed E-state index contributed by atoms with van der Waals surface area (Å²) in [6.07, 6.45) is 3.64. The molecule has 1 saturated heterocycles. The van der Waals surface area contributed by atoms with Crippen LogP contribution in [0.25, 0.3) is 0 Å². The second-order valence-electron chi connectivity index (χ2n) is 3.69. The van der Waals surface area contributed by atoms with Gasteiger partial charge in [-0.3, -0.25) is 4.98 Å². The minimum atomic E-state index is 0.385. The van der Waals surface area contributed by atoms with Gasteiger partial charge in [-0.2, -0.15) is 0 Å². The quantitative estimate of drug-likeness (QED) is 0.605. The van der Waals surface area contributed by atoms with E-state index in [1.165, 1.54) is 6.42 Å². The number of rotatable bonds is 2. The first kappa shape index (κ1) is 9.21. The maximum atomic E-state index is 5.73. The molecule has 0 spiro atoms. The zero-order valence-corrected chi connectivity index (χ0v) is 8.03. The van der Waals surface area contributed by atoms with Gasteiger partial charge in [-0.15, -0.1) is 0 Å². The summed E-state index contributed by atoms with van der Waals surface area (Å²) in [6.45, 7) is 2.14. The van der Waals surface area contributed by atoms with Crippen molar-refractivity contribution in [3.05, 3.63) is 11.9 Å². The lowest BCUT2D eigenvalue weighted by molar-refractivity contribution is 0.572. The lowest BCUT2D eigenvalue weighted by Crippen LogP contribution is -2.13. The van der Waals surface area contributed by atoms with E-state index in [9.17, 15) is 0 Å². The predicted molar refractivity (Wildman–Crippen MR) is 55.5 cm³/mol. The van der Waals surface area contributed by atoms with Crippen molar-refractivity contribution in [2.75, 3.05) is 24.6 Å². The highest BCUT2D eigenvalue weighted by atomic mass is 15.0. The molecule has 0 bridgehead atoms. The summed E-state index contributed by atoms with van der Waals surface area (Å²) in [7, 11) is 0. The van der Waals surface area contributed by atoms with Gasteiger partial charge in [0.1, 0.15) is 11.6 Å². The Balaban J connectivity index is 2.08. The van der Waals surface area contributed by atoms with Gasteiger partial charge in [-0.1, -0.05) is 0 Å². The lowest BCUT2D eigenvalue weighted by Gasteiger charge is -2.08. The predicted octanol–water partition coefficient (Wildman–Crippen LogP) is -0.207. The Hall–Kier alpha value is -1.36. The number of nitrogens with two attached hydrogens (primary N) is 2. The summed E-state index contributed by atoms with van der Waals surface area (Å²) in [6, 6.07) is 0. The molecule has 1 aromatic rings. The van der Waals surface area contributed by atoms with E-state index in [1.807, 2.05) is 0 Å². The molecule has 0 aromatic carbocycles. The number of anilines is 2. The number of nitrogens with one attached hydrogen (secondary N) is 1. The highest BCUT2D eigenvalue weighted by Crippen LogP contribution is 2.17.